The normalized spacial score (nSPS) is 13.7. The van der Waals surface area contributed by atoms with E-state index in [1.54, 1.807) is 4.90 Å². The topological polar surface area (TPSA) is 72.6 Å². The first-order chi connectivity index (χ1) is 18.5. The summed E-state index contributed by atoms with van der Waals surface area (Å²) >= 11 is 12.9. The lowest BCUT2D eigenvalue weighted by molar-refractivity contribution is 0.0699. The van der Waals surface area contributed by atoms with Crippen LogP contribution in [0.2, 0.25) is 10.0 Å². The second kappa shape index (κ2) is 10.2. The van der Waals surface area contributed by atoms with Gasteiger partial charge in [-0.3, -0.25) is 9.97 Å². The average molecular weight is 546 g/mol. The third-order valence-corrected chi connectivity index (χ3v) is 7.53. The van der Waals surface area contributed by atoms with Crippen LogP contribution in [0.5, 0.6) is 0 Å². The van der Waals surface area contributed by atoms with Crippen molar-refractivity contribution in [1.29, 1.82) is 0 Å². The summed E-state index contributed by atoms with van der Waals surface area (Å²) < 4.78 is 7.25. The Labute approximate surface area is 230 Å². The molecule has 0 spiro atoms. The first kappa shape index (κ1) is 24.6. The van der Waals surface area contributed by atoms with Crippen LogP contribution in [0.3, 0.4) is 0 Å². The number of carbonyl (C=O) groups excluding carboxylic acids is 1. The molecule has 0 radical (unpaired) electrons. The van der Waals surface area contributed by atoms with Crippen LogP contribution in [0.1, 0.15) is 31.4 Å². The van der Waals surface area contributed by atoms with E-state index in [1.165, 1.54) is 0 Å². The number of hydrogen-bond acceptors (Lipinski definition) is 5. The highest BCUT2D eigenvalue weighted by atomic mass is 35.5. The summed E-state index contributed by atoms with van der Waals surface area (Å²) in [6, 6.07) is 13.5. The number of unbranched alkanes of at least 4 members (excludes halogenated alkanes) is 1. The summed E-state index contributed by atoms with van der Waals surface area (Å²) in [5.41, 5.74) is 5.90. The van der Waals surface area contributed by atoms with E-state index in [0.29, 0.717) is 41.0 Å². The standard InChI is InChI=1S/C29H25Cl2N5O2/c1-2-3-11-38-29(37)36-15-20(16-36)24-8-7-18(13-32-24)19-12-21-25(33-14-19)9-10-35-17-26(34-28(21)35)27-22(30)5-4-6-23(27)31/h4-10,12-14,17,20H,2-3,11,15-16H2,1H3. The molecule has 0 N–H and O–H groups in total. The minimum Gasteiger partial charge on any atom is -0.449 e. The second-order valence-electron chi connectivity index (χ2n) is 9.47. The van der Waals surface area contributed by atoms with Crippen molar-refractivity contribution < 1.29 is 9.53 Å². The Kier molecular flexibility index (Phi) is 6.64. The summed E-state index contributed by atoms with van der Waals surface area (Å²) in [6.45, 7) is 3.81. The van der Waals surface area contributed by atoms with Gasteiger partial charge in [0.25, 0.3) is 0 Å². The molecule has 1 amide bonds. The smallest absolute Gasteiger partial charge is 0.409 e. The largest absolute Gasteiger partial charge is 0.449 e. The van der Waals surface area contributed by atoms with Gasteiger partial charge in [0.1, 0.15) is 5.65 Å². The summed E-state index contributed by atoms with van der Waals surface area (Å²) in [6.07, 6.45) is 9.22. The number of hydrogen-bond donors (Lipinski definition) is 0. The molecule has 6 rings (SSSR count). The Morgan fingerprint density at radius 1 is 1.05 bits per heavy atom. The van der Waals surface area contributed by atoms with E-state index < -0.39 is 0 Å². The Bertz CT molecular complexity index is 1620. The van der Waals surface area contributed by atoms with E-state index >= 15 is 0 Å². The molecular weight excluding hydrogens is 521 g/mol. The zero-order valence-corrected chi connectivity index (χ0v) is 22.3. The quantitative estimate of drug-likeness (QED) is 0.210. The predicted molar refractivity (Wildman–Crippen MR) is 150 cm³/mol. The number of pyridine rings is 3. The van der Waals surface area contributed by atoms with Crippen LogP contribution in [0.4, 0.5) is 4.79 Å². The van der Waals surface area contributed by atoms with Gasteiger partial charge < -0.3 is 14.0 Å². The molecule has 1 saturated heterocycles. The minimum atomic E-state index is -0.237. The van der Waals surface area contributed by atoms with Crippen molar-refractivity contribution in [1.82, 2.24) is 24.3 Å². The van der Waals surface area contributed by atoms with Gasteiger partial charge in [-0.2, -0.15) is 0 Å². The molecule has 0 bridgehead atoms. The van der Waals surface area contributed by atoms with E-state index in [9.17, 15) is 4.79 Å². The molecule has 192 valence electrons. The summed E-state index contributed by atoms with van der Waals surface area (Å²) in [4.78, 5) is 28.1. The fourth-order valence-corrected chi connectivity index (χ4v) is 5.28. The fourth-order valence-electron chi connectivity index (χ4n) is 4.69. The Morgan fingerprint density at radius 2 is 1.84 bits per heavy atom. The van der Waals surface area contributed by atoms with Crippen molar-refractivity contribution in [3.8, 4) is 22.4 Å². The predicted octanol–water partition coefficient (Wildman–Crippen LogP) is 7.25. The van der Waals surface area contributed by atoms with Gasteiger partial charge in [-0.25, -0.2) is 9.78 Å². The second-order valence-corrected chi connectivity index (χ2v) is 10.3. The number of likely N-dealkylation sites (tertiary alicyclic amines) is 1. The maximum atomic E-state index is 12.1. The van der Waals surface area contributed by atoms with Crippen LogP contribution in [-0.2, 0) is 4.74 Å². The minimum absolute atomic E-state index is 0.220. The SMILES string of the molecule is CCCCOC(=O)N1CC(c2ccc(-c3cnc4ccn5cc(-c6c(Cl)cccc6Cl)nc5c4c3)cn2)C1. The van der Waals surface area contributed by atoms with Crippen molar-refractivity contribution in [3.05, 3.63) is 83.0 Å². The lowest BCUT2D eigenvalue weighted by atomic mass is 9.95. The summed E-state index contributed by atoms with van der Waals surface area (Å²) in [5, 5.41) is 2.02. The van der Waals surface area contributed by atoms with Gasteiger partial charge >= 0.3 is 6.09 Å². The maximum Gasteiger partial charge on any atom is 0.409 e. The molecule has 1 aliphatic rings. The van der Waals surface area contributed by atoms with Crippen LogP contribution < -0.4 is 0 Å². The van der Waals surface area contributed by atoms with Crippen LogP contribution in [0.25, 0.3) is 38.9 Å². The van der Waals surface area contributed by atoms with Gasteiger partial charge in [-0.15, -0.1) is 0 Å². The molecule has 0 aliphatic carbocycles. The van der Waals surface area contributed by atoms with Crippen LogP contribution >= 0.6 is 23.2 Å². The third kappa shape index (κ3) is 4.57. The van der Waals surface area contributed by atoms with Gasteiger partial charge in [0.15, 0.2) is 0 Å². The summed E-state index contributed by atoms with van der Waals surface area (Å²) in [7, 11) is 0. The van der Waals surface area contributed by atoms with Gasteiger partial charge in [-0.1, -0.05) is 48.7 Å². The third-order valence-electron chi connectivity index (χ3n) is 6.90. The van der Waals surface area contributed by atoms with E-state index in [2.05, 4.69) is 18.0 Å². The molecule has 7 nitrogen and oxygen atoms in total. The molecule has 5 heterocycles. The summed E-state index contributed by atoms with van der Waals surface area (Å²) in [5.74, 6) is 0.220. The molecular formula is C29H25Cl2N5O2. The Balaban J connectivity index is 1.24. The number of benzene rings is 1. The van der Waals surface area contributed by atoms with Gasteiger partial charge in [0, 0.05) is 71.6 Å². The van der Waals surface area contributed by atoms with Crippen LogP contribution in [0, 0.1) is 0 Å². The molecule has 1 aliphatic heterocycles. The molecule has 9 heteroatoms. The van der Waals surface area contributed by atoms with Crippen LogP contribution in [-0.4, -0.2) is 50.0 Å². The van der Waals surface area contributed by atoms with Gasteiger partial charge in [0.2, 0.25) is 0 Å². The number of rotatable bonds is 6. The zero-order valence-electron chi connectivity index (χ0n) is 20.8. The number of nitrogens with zero attached hydrogens (tertiary/aromatic N) is 5. The lowest BCUT2D eigenvalue weighted by Gasteiger charge is -2.37. The van der Waals surface area contributed by atoms with Crippen molar-refractivity contribution in [2.75, 3.05) is 19.7 Å². The number of amides is 1. The lowest BCUT2D eigenvalue weighted by Crippen LogP contribution is -2.49. The number of fused-ring (bicyclic) bond motifs is 3. The molecule has 0 saturated carbocycles. The highest BCUT2D eigenvalue weighted by Crippen LogP contribution is 2.35. The molecule has 1 aromatic carbocycles. The van der Waals surface area contributed by atoms with Crippen molar-refractivity contribution in [2.24, 2.45) is 0 Å². The van der Waals surface area contributed by atoms with Gasteiger partial charge in [0.05, 0.1) is 27.9 Å². The van der Waals surface area contributed by atoms with Crippen molar-refractivity contribution in [2.45, 2.75) is 25.7 Å². The van der Waals surface area contributed by atoms with Crippen molar-refractivity contribution in [3.63, 3.8) is 0 Å². The highest BCUT2D eigenvalue weighted by Gasteiger charge is 2.33. The molecule has 1 fully saturated rings. The van der Waals surface area contributed by atoms with Crippen LogP contribution in [0.15, 0.2) is 67.3 Å². The molecule has 0 unspecified atom stereocenters. The molecule has 0 atom stereocenters. The van der Waals surface area contributed by atoms with Crippen molar-refractivity contribution >= 4 is 45.8 Å². The van der Waals surface area contributed by atoms with E-state index in [-0.39, 0.29) is 12.0 Å². The van der Waals surface area contributed by atoms with E-state index in [4.69, 9.17) is 37.9 Å². The highest BCUT2D eigenvalue weighted by molar-refractivity contribution is 6.39. The molecule has 5 aromatic rings. The van der Waals surface area contributed by atoms with E-state index in [1.807, 2.05) is 65.6 Å². The Morgan fingerprint density at radius 3 is 2.58 bits per heavy atom. The number of aromatic nitrogens is 4. The maximum absolute atomic E-state index is 12.1. The van der Waals surface area contributed by atoms with E-state index in [0.717, 1.165) is 46.2 Å². The number of halogens is 2. The molecule has 38 heavy (non-hydrogen) atoms. The molecule has 4 aromatic heterocycles. The Hall–Kier alpha value is -3.68. The first-order valence-electron chi connectivity index (χ1n) is 12.6. The first-order valence-corrected chi connectivity index (χ1v) is 13.4. The number of carbonyl (C=O) groups is 1. The number of imidazole rings is 1. The monoisotopic (exact) mass is 545 g/mol. The average Bonchev–Trinajstić information content (AvgIpc) is 3.32. The zero-order chi connectivity index (χ0) is 26.2. The fraction of sp³-hybridized carbons (Fsp3) is 0.241. The van der Waals surface area contributed by atoms with Gasteiger partial charge in [-0.05, 0) is 36.8 Å². The number of ether oxygens (including phenoxy) is 1.